The van der Waals surface area contributed by atoms with Gasteiger partial charge in [0, 0.05) is 5.56 Å². The molecule has 0 aliphatic heterocycles. The highest BCUT2D eigenvalue weighted by Crippen LogP contribution is 2.28. The van der Waals surface area contributed by atoms with Gasteiger partial charge < -0.3 is 4.74 Å². The van der Waals surface area contributed by atoms with Crippen molar-refractivity contribution in [2.24, 2.45) is 0 Å². The number of ether oxygens (including phenoxy) is 1. The van der Waals surface area contributed by atoms with Crippen LogP contribution in [-0.4, -0.2) is 6.29 Å². The molecular weight excluding hydrogens is 259 g/mol. The van der Waals surface area contributed by atoms with Crippen molar-refractivity contribution in [2.45, 2.75) is 0 Å². The van der Waals surface area contributed by atoms with Gasteiger partial charge in [-0.3, -0.25) is 4.79 Å². The number of rotatable bonds is 3. The van der Waals surface area contributed by atoms with E-state index in [1.165, 1.54) is 30.3 Å². The predicted octanol–water partition coefficient (Wildman–Crippen LogP) is 3.17. The largest absolute Gasteiger partial charge is 0.453 e. The molecule has 0 saturated carbocycles. The van der Waals surface area contributed by atoms with Crippen LogP contribution >= 0.6 is 0 Å². The Bertz CT molecular complexity index is 757. The Morgan fingerprint density at radius 2 is 1.80 bits per heavy atom. The van der Waals surface area contributed by atoms with Gasteiger partial charge in [-0.2, -0.15) is 10.5 Å². The van der Waals surface area contributed by atoms with Gasteiger partial charge in [0.15, 0.2) is 11.6 Å². The number of aldehydes is 1. The Morgan fingerprint density at radius 3 is 2.40 bits per heavy atom. The molecule has 0 aromatic heterocycles. The van der Waals surface area contributed by atoms with E-state index in [1.807, 2.05) is 12.1 Å². The molecule has 0 saturated heterocycles. The maximum atomic E-state index is 13.7. The Labute approximate surface area is 114 Å². The minimum absolute atomic E-state index is 0.0978. The third-order valence-corrected chi connectivity index (χ3v) is 2.54. The highest BCUT2D eigenvalue weighted by Gasteiger charge is 2.10. The number of carbonyl (C=O) groups excluding carboxylic acids is 1. The minimum atomic E-state index is -0.701. The molecule has 4 nitrogen and oxygen atoms in total. The van der Waals surface area contributed by atoms with Crippen molar-refractivity contribution in [3.05, 3.63) is 58.9 Å². The van der Waals surface area contributed by atoms with E-state index in [0.29, 0.717) is 11.8 Å². The normalized spacial score (nSPS) is 9.35. The second-order valence-corrected chi connectivity index (χ2v) is 3.84. The van der Waals surface area contributed by atoms with Gasteiger partial charge >= 0.3 is 0 Å². The number of hydrogen-bond donors (Lipinski definition) is 0. The number of hydrogen-bond acceptors (Lipinski definition) is 4. The van der Waals surface area contributed by atoms with Gasteiger partial charge in [-0.05, 0) is 36.4 Å². The van der Waals surface area contributed by atoms with Crippen LogP contribution in [0.2, 0.25) is 0 Å². The monoisotopic (exact) mass is 266 g/mol. The molecule has 0 aliphatic carbocycles. The fourth-order valence-electron chi connectivity index (χ4n) is 1.57. The first-order chi connectivity index (χ1) is 9.67. The van der Waals surface area contributed by atoms with E-state index < -0.39 is 5.82 Å². The van der Waals surface area contributed by atoms with E-state index in [0.717, 1.165) is 6.07 Å². The lowest BCUT2D eigenvalue weighted by Gasteiger charge is -2.08. The Kier molecular flexibility index (Phi) is 3.74. The molecule has 2 rings (SSSR count). The molecule has 0 radical (unpaired) electrons. The fraction of sp³-hybridized carbons (Fsp3) is 0. The summed E-state index contributed by atoms with van der Waals surface area (Å²) in [5, 5.41) is 17.6. The van der Waals surface area contributed by atoms with Gasteiger partial charge in [0.2, 0.25) is 0 Å². The zero-order chi connectivity index (χ0) is 14.5. The smallest absolute Gasteiger partial charge is 0.167 e. The average Bonchev–Trinajstić information content (AvgIpc) is 2.49. The highest BCUT2D eigenvalue weighted by molar-refractivity contribution is 5.76. The molecule has 2 aromatic carbocycles. The summed E-state index contributed by atoms with van der Waals surface area (Å²) < 4.78 is 19.0. The summed E-state index contributed by atoms with van der Waals surface area (Å²) in [7, 11) is 0. The van der Waals surface area contributed by atoms with Crippen molar-refractivity contribution in [3.8, 4) is 23.6 Å². The summed E-state index contributed by atoms with van der Waals surface area (Å²) >= 11 is 0. The van der Waals surface area contributed by atoms with Gasteiger partial charge in [-0.1, -0.05) is 0 Å². The molecule has 0 amide bonds. The molecule has 0 unspecified atom stereocenters. The van der Waals surface area contributed by atoms with Crippen LogP contribution in [0, 0.1) is 28.5 Å². The molecule has 20 heavy (non-hydrogen) atoms. The van der Waals surface area contributed by atoms with Crippen molar-refractivity contribution < 1.29 is 13.9 Å². The van der Waals surface area contributed by atoms with Crippen LogP contribution < -0.4 is 4.74 Å². The van der Waals surface area contributed by atoms with Crippen molar-refractivity contribution >= 4 is 6.29 Å². The summed E-state index contributed by atoms with van der Waals surface area (Å²) in [6, 6.07) is 11.7. The van der Waals surface area contributed by atoms with Gasteiger partial charge in [0.1, 0.15) is 18.1 Å². The fourth-order valence-corrected chi connectivity index (χ4v) is 1.57. The number of benzene rings is 2. The number of nitrogens with zero attached hydrogens (tertiary/aromatic N) is 2. The van der Waals surface area contributed by atoms with Crippen LogP contribution in [-0.2, 0) is 0 Å². The molecule has 96 valence electrons. The maximum Gasteiger partial charge on any atom is 0.167 e. The van der Waals surface area contributed by atoms with Crippen molar-refractivity contribution in [3.63, 3.8) is 0 Å². The van der Waals surface area contributed by atoms with E-state index in [-0.39, 0.29) is 22.6 Å². The summed E-state index contributed by atoms with van der Waals surface area (Å²) in [6.07, 6.45) is 0.604. The number of nitriles is 2. The van der Waals surface area contributed by atoms with Crippen molar-refractivity contribution in [1.82, 2.24) is 0 Å². The Morgan fingerprint density at radius 1 is 1.05 bits per heavy atom. The van der Waals surface area contributed by atoms with Gasteiger partial charge in [0.05, 0.1) is 17.2 Å². The van der Waals surface area contributed by atoms with E-state index in [4.69, 9.17) is 15.3 Å². The lowest BCUT2D eigenvalue weighted by atomic mass is 10.1. The van der Waals surface area contributed by atoms with Crippen LogP contribution in [0.5, 0.6) is 11.5 Å². The first-order valence-corrected chi connectivity index (χ1v) is 5.54. The second-order valence-electron chi connectivity index (χ2n) is 3.84. The zero-order valence-electron chi connectivity index (χ0n) is 10.1. The summed E-state index contributed by atoms with van der Waals surface area (Å²) in [5.74, 6) is -0.659. The molecule has 5 heteroatoms. The lowest BCUT2D eigenvalue weighted by Crippen LogP contribution is -1.93. The highest BCUT2D eigenvalue weighted by atomic mass is 19.1. The maximum absolute atomic E-state index is 13.7. The Hall–Kier alpha value is -3.18. The topological polar surface area (TPSA) is 73.9 Å². The standard InChI is InChI=1S/C15H7FN2O2/c16-13-6-10(7-17)1-4-15(13)20-14-3-2-11(9-19)5-12(14)8-18/h1-6,9H. The number of halogens is 1. The zero-order valence-corrected chi connectivity index (χ0v) is 10.1. The van der Waals surface area contributed by atoms with Crippen molar-refractivity contribution in [2.75, 3.05) is 0 Å². The van der Waals surface area contributed by atoms with Crippen LogP contribution in [0.25, 0.3) is 0 Å². The molecule has 0 N–H and O–H groups in total. The third kappa shape index (κ3) is 2.63. The third-order valence-electron chi connectivity index (χ3n) is 2.54. The van der Waals surface area contributed by atoms with E-state index in [1.54, 1.807) is 0 Å². The van der Waals surface area contributed by atoms with Gasteiger partial charge in [-0.15, -0.1) is 0 Å². The molecule has 0 fully saturated rings. The van der Waals surface area contributed by atoms with Crippen LogP contribution in [0.3, 0.4) is 0 Å². The van der Waals surface area contributed by atoms with E-state index >= 15 is 0 Å². The molecule has 2 aromatic rings. The van der Waals surface area contributed by atoms with Crippen LogP contribution in [0.4, 0.5) is 4.39 Å². The Balaban J connectivity index is 2.38. The van der Waals surface area contributed by atoms with Crippen molar-refractivity contribution in [1.29, 1.82) is 10.5 Å². The summed E-state index contributed by atoms with van der Waals surface area (Å²) in [4.78, 5) is 10.6. The molecule has 0 bridgehead atoms. The first kappa shape index (κ1) is 13.3. The molecule has 0 heterocycles. The molecule has 0 spiro atoms. The summed E-state index contributed by atoms with van der Waals surface area (Å²) in [5.41, 5.74) is 0.624. The SMILES string of the molecule is N#Cc1ccc(Oc2ccc(C=O)cc2C#N)c(F)c1. The predicted molar refractivity (Wildman–Crippen MR) is 67.7 cm³/mol. The van der Waals surface area contributed by atoms with E-state index in [2.05, 4.69) is 0 Å². The number of carbonyl (C=O) groups is 1. The first-order valence-electron chi connectivity index (χ1n) is 5.54. The summed E-state index contributed by atoms with van der Waals surface area (Å²) in [6.45, 7) is 0. The van der Waals surface area contributed by atoms with Crippen LogP contribution in [0.1, 0.15) is 21.5 Å². The van der Waals surface area contributed by atoms with Gasteiger partial charge in [0.25, 0.3) is 0 Å². The molecule has 0 atom stereocenters. The minimum Gasteiger partial charge on any atom is -0.453 e. The quantitative estimate of drug-likeness (QED) is 0.799. The van der Waals surface area contributed by atoms with E-state index in [9.17, 15) is 9.18 Å². The average molecular weight is 266 g/mol. The molecular formula is C15H7FN2O2. The van der Waals surface area contributed by atoms with Gasteiger partial charge in [-0.25, -0.2) is 4.39 Å². The van der Waals surface area contributed by atoms with Crippen LogP contribution in [0.15, 0.2) is 36.4 Å². The molecule has 0 aliphatic rings. The lowest BCUT2D eigenvalue weighted by molar-refractivity contribution is 0.112. The second kappa shape index (κ2) is 5.64.